The molecular weight excluding hydrogens is 835 g/mol. The van der Waals surface area contributed by atoms with Crippen molar-refractivity contribution in [3.63, 3.8) is 0 Å². The van der Waals surface area contributed by atoms with Crippen LogP contribution in [0.15, 0.2) is 242 Å². The van der Waals surface area contributed by atoms with E-state index in [-0.39, 0.29) is 0 Å². The molecule has 0 radical (unpaired) electrons. The lowest BCUT2D eigenvalue weighted by atomic mass is 9.86. The monoisotopic (exact) mass is 885 g/mol. The summed E-state index contributed by atoms with van der Waals surface area (Å²) in [7, 11) is 0. The van der Waals surface area contributed by atoms with Crippen LogP contribution in [0.25, 0.3) is 88.4 Å². The second kappa shape index (κ2) is 17.4. The molecule has 3 aliphatic rings. The van der Waals surface area contributed by atoms with Crippen LogP contribution < -0.4 is 5.32 Å². The lowest BCUT2D eigenvalue weighted by molar-refractivity contribution is 0.900. The first-order chi connectivity index (χ1) is 34.2. The molecule has 69 heavy (non-hydrogen) atoms. The van der Waals surface area contributed by atoms with E-state index in [9.17, 15) is 0 Å². The number of fused-ring (bicyclic) bond motifs is 6. The predicted molar refractivity (Wildman–Crippen MR) is 294 cm³/mol. The van der Waals surface area contributed by atoms with Crippen LogP contribution in [0, 0.1) is 0 Å². The van der Waals surface area contributed by atoms with E-state index in [4.69, 9.17) is 0 Å². The Bertz CT molecular complexity index is 3750. The summed E-state index contributed by atoms with van der Waals surface area (Å²) in [5.74, 6) is 0. The molecule has 2 aromatic heterocycles. The molecule has 0 aliphatic heterocycles. The van der Waals surface area contributed by atoms with Gasteiger partial charge in [0.05, 0.1) is 22.1 Å². The fraction of sp³-hybridized carbons (Fsp3) is 0.0909. The van der Waals surface area contributed by atoms with E-state index in [1.54, 1.807) is 0 Å². The van der Waals surface area contributed by atoms with Crippen molar-refractivity contribution >= 4 is 66.1 Å². The molecule has 3 nitrogen and oxygen atoms in total. The van der Waals surface area contributed by atoms with Gasteiger partial charge in [-0.2, -0.15) is 0 Å². The molecule has 0 unspecified atom stereocenters. The quantitative estimate of drug-likeness (QED) is 0.153. The summed E-state index contributed by atoms with van der Waals surface area (Å²) in [6.07, 6.45) is 25.0. The zero-order valence-corrected chi connectivity index (χ0v) is 38.6. The number of hydrogen-bond donors (Lipinski definition) is 1. The summed E-state index contributed by atoms with van der Waals surface area (Å²) in [4.78, 5) is 0. The first-order valence-electron chi connectivity index (χ1n) is 24.6. The third-order valence-electron chi connectivity index (χ3n) is 14.5. The SMILES string of the molecule is C1=CCCC(C2=CC(c3cc(C4=CC=CCC4)ccc3Nc3ccc4c5ccccc5n(-c5cccc(-n6c7ccc(-c8ccccc8)cc7c7cc(-c8ccccc8)ccc76)c5)c4c3)=CCC2)=C1. The zero-order valence-electron chi connectivity index (χ0n) is 38.6. The molecule has 2 heterocycles. The minimum absolute atomic E-state index is 1.04. The Morgan fingerprint density at radius 2 is 0.971 bits per heavy atom. The Labute approximate surface area is 403 Å². The second-order valence-corrected chi connectivity index (χ2v) is 18.7. The Hall–Kier alpha value is -8.40. The van der Waals surface area contributed by atoms with E-state index in [2.05, 4.69) is 245 Å². The van der Waals surface area contributed by atoms with Gasteiger partial charge in [-0.25, -0.2) is 0 Å². The summed E-state index contributed by atoms with van der Waals surface area (Å²) >= 11 is 0. The van der Waals surface area contributed by atoms with Crippen LogP contribution >= 0.6 is 0 Å². The van der Waals surface area contributed by atoms with E-state index in [1.165, 1.54) is 93.8 Å². The molecule has 1 N–H and O–H groups in total. The summed E-state index contributed by atoms with van der Waals surface area (Å²) in [5, 5.41) is 8.91. The number of allylic oxidation sites excluding steroid dienone is 12. The van der Waals surface area contributed by atoms with Crippen molar-refractivity contribution < 1.29 is 0 Å². The van der Waals surface area contributed by atoms with Crippen molar-refractivity contribution in [3.05, 3.63) is 253 Å². The molecule has 3 heteroatoms. The van der Waals surface area contributed by atoms with Gasteiger partial charge >= 0.3 is 0 Å². The molecule has 0 amide bonds. The smallest absolute Gasteiger partial charge is 0.0561 e. The van der Waals surface area contributed by atoms with Gasteiger partial charge in [0.2, 0.25) is 0 Å². The van der Waals surface area contributed by atoms with Gasteiger partial charge in [0.25, 0.3) is 0 Å². The summed E-state index contributed by atoms with van der Waals surface area (Å²) < 4.78 is 4.90. The van der Waals surface area contributed by atoms with E-state index in [0.29, 0.717) is 0 Å². The van der Waals surface area contributed by atoms with Crippen LogP contribution in [0.2, 0.25) is 0 Å². The molecule has 0 spiro atoms. The van der Waals surface area contributed by atoms with E-state index < -0.39 is 0 Å². The molecule has 3 aliphatic carbocycles. The molecule has 330 valence electrons. The highest BCUT2D eigenvalue weighted by Crippen LogP contribution is 2.42. The van der Waals surface area contributed by atoms with Crippen molar-refractivity contribution in [1.82, 2.24) is 9.13 Å². The van der Waals surface area contributed by atoms with Gasteiger partial charge in [-0.15, -0.1) is 0 Å². The Morgan fingerprint density at radius 3 is 1.65 bits per heavy atom. The predicted octanol–water partition coefficient (Wildman–Crippen LogP) is 18.1. The van der Waals surface area contributed by atoms with Gasteiger partial charge in [-0.05, 0) is 161 Å². The van der Waals surface area contributed by atoms with Crippen molar-refractivity contribution in [2.45, 2.75) is 38.5 Å². The van der Waals surface area contributed by atoms with Gasteiger partial charge in [-0.1, -0.05) is 158 Å². The third-order valence-corrected chi connectivity index (χ3v) is 14.5. The fourth-order valence-corrected chi connectivity index (χ4v) is 11.1. The van der Waals surface area contributed by atoms with Gasteiger partial charge in [0.1, 0.15) is 0 Å². The van der Waals surface area contributed by atoms with Crippen molar-refractivity contribution in [2.75, 3.05) is 5.32 Å². The van der Waals surface area contributed by atoms with Crippen molar-refractivity contribution in [3.8, 4) is 33.6 Å². The number of nitrogens with zero attached hydrogens (tertiary/aromatic N) is 2. The molecule has 10 aromatic rings. The molecule has 0 fully saturated rings. The minimum Gasteiger partial charge on any atom is -0.355 e. The zero-order chi connectivity index (χ0) is 45.7. The highest BCUT2D eigenvalue weighted by Gasteiger charge is 2.20. The van der Waals surface area contributed by atoms with Crippen molar-refractivity contribution in [2.24, 2.45) is 0 Å². The average Bonchev–Trinajstić information content (AvgIpc) is 3.94. The van der Waals surface area contributed by atoms with Crippen LogP contribution in [-0.4, -0.2) is 9.13 Å². The van der Waals surface area contributed by atoms with Gasteiger partial charge in [0.15, 0.2) is 0 Å². The summed E-state index contributed by atoms with van der Waals surface area (Å²) in [6.45, 7) is 0. The lowest BCUT2D eigenvalue weighted by Gasteiger charge is -2.21. The maximum absolute atomic E-state index is 3.97. The molecule has 0 saturated carbocycles. The van der Waals surface area contributed by atoms with Crippen LogP contribution in [-0.2, 0) is 0 Å². The number of anilines is 2. The Kier molecular flexibility index (Phi) is 10.3. The largest absolute Gasteiger partial charge is 0.355 e. The topological polar surface area (TPSA) is 21.9 Å². The Morgan fingerprint density at radius 1 is 0.377 bits per heavy atom. The average molecular weight is 886 g/mol. The first-order valence-corrected chi connectivity index (χ1v) is 24.6. The lowest BCUT2D eigenvalue weighted by Crippen LogP contribution is -2.02. The number of nitrogens with one attached hydrogen (secondary N) is 1. The summed E-state index contributed by atoms with van der Waals surface area (Å²) in [5.41, 5.74) is 22.2. The van der Waals surface area contributed by atoms with Crippen LogP contribution in [0.4, 0.5) is 11.4 Å². The van der Waals surface area contributed by atoms with Crippen LogP contribution in [0.1, 0.15) is 49.7 Å². The molecular formula is C66H51N3. The maximum Gasteiger partial charge on any atom is 0.0561 e. The fourth-order valence-electron chi connectivity index (χ4n) is 11.1. The van der Waals surface area contributed by atoms with Crippen LogP contribution in [0.3, 0.4) is 0 Å². The number of aromatic nitrogens is 2. The number of hydrogen-bond acceptors (Lipinski definition) is 1. The highest BCUT2D eigenvalue weighted by molar-refractivity contribution is 6.12. The molecule has 0 atom stereocenters. The van der Waals surface area contributed by atoms with Crippen LogP contribution in [0.5, 0.6) is 0 Å². The van der Waals surface area contributed by atoms with E-state index in [0.717, 1.165) is 66.8 Å². The van der Waals surface area contributed by atoms with E-state index in [1.807, 2.05) is 0 Å². The maximum atomic E-state index is 3.97. The van der Waals surface area contributed by atoms with Gasteiger partial charge in [-0.3, -0.25) is 0 Å². The number of benzene rings is 8. The normalized spacial score (nSPS) is 14.8. The number of para-hydroxylation sites is 1. The van der Waals surface area contributed by atoms with Gasteiger partial charge in [0, 0.05) is 49.9 Å². The Balaban J connectivity index is 0.937. The summed E-state index contributed by atoms with van der Waals surface area (Å²) in [6, 6.07) is 67.2. The standard InChI is InChI=1S/C66H51N3/c1-5-17-45(18-6-1)49-25-15-26-53(39-49)59-40-50(46-19-7-2-8-20-46)31-36-62(59)67-54-34-35-58-57-29-13-14-30-63(57)69(66(58)43-54)56-28-16-27-55(44-56)68-64-37-32-51(47-21-9-3-10-22-47)41-60(64)61-42-52(33-38-65(61)68)48-23-11-4-12-24-48/h1-5,7,9-14,16-17,19,21-24,26-44,67H,6,8,15,18,20,25H2. The first kappa shape index (κ1) is 40.8. The molecule has 0 bridgehead atoms. The van der Waals surface area contributed by atoms with E-state index >= 15 is 0 Å². The minimum atomic E-state index is 1.04. The highest BCUT2D eigenvalue weighted by atomic mass is 15.0. The second-order valence-electron chi connectivity index (χ2n) is 18.7. The molecule has 0 saturated heterocycles. The molecule has 8 aromatic carbocycles. The molecule has 13 rings (SSSR count). The van der Waals surface area contributed by atoms with Gasteiger partial charge < -0.3 is 14.5 Å². The number of rotatable bonds is 9. The third kappa shape index (κ3) is 7.48. The van der Waals surface area contributed by atoms with Crippen molar-refractivity contribution in [1.29, 1.82) is 0 Å².